The highest BCUT2D eigenvalue weighted by molar-refractivity contribution is 5.37. The van der Waals surface area contributed by atoms with Crippen LogP contribution in [0.2, 0.25) is 0 Å². The normalized spacial score (nSPS) is 57.4. The Balaban J connectivity index is 1.06. The van der Waals surface area contributed by atoms with Gasteiger partial charge in [-0.1, -0.05) is 60.1 Å². The van der Waals surface area contributed by atoms with E-state index in [1.807, 2.05) is 0 Å². The Kier molecular flexibility index (Phi) is 13.5. The van der Waals surface area contributed by atoms with E-state index in [4.69, 9.17) is 28.4 Å². The fourth-order valence-electron chi connectivity index (χ4n) is 15.2. The molecule has 0 spiro atoms. The van der Waals surface area contributed by atoms with Crippen molar-refractivity contribution in [3.63, 3.8) is 0 Å². The maximum absolute atomic E-state index is 12.6. The van der Waals surface area contributed by atoms with Crippen molar-refractivity contribution in [2.24, 2.45) is 56.7 Å². The van der Waals surface area contributed by atoms with Crippen LogP contribution in [0, 0.1) is 56.7 Å². The lowest BCUT2D eigenvalue weighted by Gasteiger charge is -2.73. The molecule has 8 rings (SSSR count). The number of rotatable bonds is 8. The van der Waals surface area contributed by atoms with E-state index in [0.717, 1.165) is 25.7 Å². The quantitative estimate of drug-likeness (QED) is 0.114. The first kappa shape index (κ1) is 49.5. The molecule has 17 heteroatoms. The van der Waals surface area contributed by atoms with Crippen LogP contribution in [0.15, 0.2) is 11.6 Å². The van der Waals surface area contributed by atoms with Gasteiger partial charge in [-0.25, -0.2) is 0 Å². The molecular formula is C47H78O17. The summed E-state index contributed by atoms with van der Waals surface area (Å²) >= 11 is 0. The lowest BCUT2D eigenvalue weighted by Crippen LogP contribution is -2.70. The molecule has 0 aromatic heterocycles. The average Bonchev–Trinajstić information content (AvgIpc) is 3.23. The lowest BCUT2D eigenvalue weighted by molar-refractivity contribution is -0.393. The van der Waals surface area contributed by atoms with Crippen molar-refractivity contribution in [3.05, 3.63) is 11.6 Å². The van der Waals surface area contributed by atoms with Crippen LogP contribution >= 0.6 is 0 Å². The molecule has 5 aliphatic carbocycles. The third kappa shape index (κ3) is 7.35. The Bertz CT molecular complexity index is 1700. The third-order valence-corrected chi connectivity index (χ3v) is 19.4. The summed E-state index contributed by atoms with van der Waals surface area (Å²) in [7, 11) is 0. The average molecular weight is 915 g/mol. The minimum Gasteiger partial charge on any atom is -0.396 e. The zero-order valence-electron chi connectivity index (χ0n) is 38.7. The number of ether oxygens (including phenoxy) is 6. The summed E-state index contributed by atoms with van der Waals surface area (Å²) in [5, 5.41) is 122. The minimum atomic E-state index is -1.81. The maximum atomic E-state index is 12.6. The summed E-state index contributed by atoms with van der Waals surface area (Å²) in [4.78, 5) is 0. The Morgan fingerprint density at radius 3 is 1.98 bits per heavy atom. The molecule has 0 bridgehead atoms. The van der Waals surface area contributed by atoms with Gasteiger partial charge in [-0.05, 0) is 97.2 Å². The van der Waals surface area contributed by atoms with Gasteiger partial charge in [-0.15, -0.1) is 0 Å². The summed E-state index contributed by atoms with van der Waals surface area (Å²) in [5.41, 5.74) is -1.16. The van der Waals surface area contributed by atoms with Gasteiger partial charge >= 0.3 is 0 Å². The number of hydrogen-bond acceptors (Lipinski definition) is 17. The highest BCUT2D eigenvalue weighted by Gasteiger charge is 2.72. The van der Waals surface area contributed by atoms with Crippen LogP contribution in [0.25, 0.3) is 0 Å². The molecule has 64 heavy (non-hydrogen) atoms. The van der Waals surface area contributed by atoms with Gasteiger partial charge in [-0.3, -0.25) is 0 Å². The molecule has 0 aromatic carbocycles. The van der Waals surface area contributed by atoms with Crippen molar-refractivity contribution >= 4 is 0 Å². The highest BCUT2D eigenvalue weighted by atomic mass is 16.8. The SMILES string of the molecule is C[C@H]1[C@H](C)CC[C@]2(CO)[C@H](O)C[C@]3(C)C(=C[C@H](O)[C@@H]4[C@@]5(C)CC[C@H](O[C@@H]6O[C@H](C)[C@H](O)[C@H](O)[C@H]6O[C@@H]6O[C@H](CO)[C@@H](O)[C@H](O)[C@H]6O[C@@H]6OC[C@@H](O)[C@H](O)[C@H]6O)C(C)(C)[C@@H]5CC[C@]43C)[C@H]12. The zero-order chi connectivity index (χ0) is 46.8. The van der Waals surface area contributed by atoms with E-state index in [1.165, 1.54) is 5.57 Å². The summed E-state index contributed by atoms with van der Waals surface area (Å²) in [6, 6.07) is 0. The van der Waals surface area contributed by atoms with Crippen LogP contribution in [0.3, 0.4) is 0 Å². The van der Waals surface area contributed by atoms with Crippen molar-refractivity contribution in [1.29, 1.82) is 0 Å². The fraction of sp³-hybridized carbons (Fsp3) is 0.957. The molecule has 0 radical (unpaired) electrons. The molecule has 8 aliphatic rings. The number of allylic oxidation sites excluding steroid dienone is 1. The second-order valence-corrected chi connectivity index (χ2v) is 22.7. The summed E-state index contributed by atoms with van der Waals surface area (Å²) < 4.78 is 36.6. The van der Waals surface area contributed by atoms with E-state index in [0.29, 0.717) is 25.2 Å². The molecule has 4 saturated carbocycles. The zero-order valence-corrected chi connectivity index (χ0v) is 38.7. The van der Waals surface area contributed by atoms with Crippen LogP contribution in [0.4, 0.5) is 0 Å². The van der Waals surface area contributed by atoms with Crippen molar-refractivity contribution < 1.29 is 84.6 Å². The fourth-order valence-corrected chi connectivity index (χ4v) is 15.2. The second kappa shape index (κ2) is 17.5. The Morgan fingerprint density at radius 2 is 1.33 bits per heavy atom. The van der Waals surface area contributed by atoms with Gasteiger partial charge in [0.05, 0.1) is 44.2 Å². The molecule has 3 heterocycles. The molecule has 0 unspecified atom stereocenters. The van der Waals surface area contributed by atoms with Gasteiger partial charge in [0.15, 0.2) is 18.9 Å². The van der Waals surface area contributed by atoms with Crippen LogP contribution in [0.1, 0.15) is 100 Å². The molecule has 7 fully saturated rings. The van der Waals surface area contributed by atoms with Gasteiger partial charge < -0.3 is 84.6 Å². The molecule has 0 amide bonds. The number of aliphatic hydroxyl groups excluding tert-OH is 11. The first-order valence-corrected chi connectivity index (χ1v) is 23.9. The van der Waals surface area contributed by atoms with Crippen LogP contribution < -0.4 is 0 Å². The molecule has 3 saturated heterocycles. The number of fused-ring (bicyclic) bond motifs is 7. The van der Waals surface area contributed by atoms with Gasteiger partial charge in [0.2, 0.25) is 0 Å². The topological polar surface area (TPSA) is 278 Å². The summed E-state index contributed by atoms with van der Waals surface area (Å²) in [6.07, 6.45) is -16.3. The van der Waals surface area contributed by atoms with Gasteiger partial charge in [0.25, 0.3) is 0 Å². The highest BCUT2D eigenvalue weighted by Crippen LogP contribution is 2.76. The van der Waals surface area contributed by atoms with Crippen LogP contribution in [0.5, 0.6) is 0 Å². The van der Waals surface area contributed by atoms with Crippen LogP contribution in [-0.2, 0) is 28.4 Å². The predicted molar refractivity (Wildman–Crippen MR) is 225 cm³/mol. The maximum Gasteiger partial charge on any atom is 0.187 e. The third-order valence-electron chi connectivity index (χ3n) is 19.4. The van der Waals surface area contributed by atoms with Gasteiger partial charge in [-0.2, -0.15) is 0 Å². The van der Waals surface area contributed by atoms with E-state index in [1.54, 1.807) is 6.92 Å². The second-order valence-electron chi connectivity index (χ2n) is 22.7. The molecule has 0 aromatic rings. The van der Waals surface area contributed by atoms with E-state index >= 15 is 0 Å². The standard InChI is InChI=1S/C47H78O17/c1-20-9-14-47(19-49)28(52)16-46(8)23(30(47)21(20)2)15-24(50)39-44(6)12-11-29(43(4,5)27(44)10-13-45(39,46)7)62-41-37(34(56)31(53)22(3)60-41)64-42-38(35(57)33(55)26(17-48)61-42)63-40-36(58)32(54)25(51)18-59-40/h15,20-22,24-42,48-58H,9-14,16-19H2,1-8H3/t20-,21+,22-,24+,25-,26-,27+,28-,29+,30+,31+,32+,33-,34+,35+,36-,37-,38-,39-,40+,41+,42+,44+,45-,46-,47+/m1/s1. The molecular weight excluding hydrogens is 836 g/mol. The Morgan fingerprint density at radius 1 is 0.688 bits per heavy atom. The van der Waals surface area contributed by atoms with E-state index in [2.05, 4.69) is 54.5 Å². The largest absolute Gasteiger partial charge is 0.396 e. The Hall–Kier alpha value is -0.940. The number of hydrogen-bond donors (Lipinski definition) is 11. The summed E-state index contributed by atoms with van der Waals surface area (Å²) in [5.74, 6) is 0.471. The van der Waals surface area contributed by atoms with Gasteiger partial charge in [0.1, 0.15) is 61.0 Å². The molecule has 368 valence electrons. The van der Waals surface area contributed by atoms with E-state index in [-0.39, 0.29) is 41.1 Å². The number of aliphatic hydroxyl groups is 11. The molecule has 26 atom stereocenters. The molecule has 11 N–H and O–H groups in total. The van der Waals surface area contributed by atoms with Crippen molar-refractivity contribution in [2.45, 2.75) is 205 Å². The van der Waals surface area contributed by atoms with Crippen molar-refractivity contribution in [3.8, 4) is 0 Å². The predicted octanol–water partition coefficient (Wildman–Crippen LogP) is 0.0781. The van der Waals surface area contributed by atoms with Crippen LogP contribution in [-0.4, -0.2) is 180 Å². The smallest absolute Gasteiger partial charge is 0.187 e. The van der Waals surface area contributed by atoms with Crippen molar-refractivity contribution in [1.82, 2.24) is 0 Å². The van der Waals surface area contributed by atoms with Crippen molar-refractivity contribution in [2.75, 3.05) is 19.8 Å². The lowest BCUT2D eigenvalue weighted by atomic mass is 9.32. The molecule has 3 aliphatic heterocycles. The van der Waals surface area contributed by atoms with E-state index in [9.17, 15) is 56.2 Å². The first-order valence-electron chi connectivity index (χ1n) is 23.9. The van der Waals surface area contributed by atoms with Gasteiger partial charge in [0, 0.05) is 11.3 Å². The minimum absolute atomic E-state index is 0.0387. The first-order chi connectivity index (χ1) is 29.9. The Labute approximate surface area is 376 Å². The van der Waals surface area contributed by atoms with E-state index < -0.39 is 134 Å². The molecule has 17 nitrogen and oxygen atoms in total. The summed E-state index contributed by atoms with van der Waals surface area (Å²) in [6.45, 7) is 16.1. The monoisotopic (exact) mass is 915 g/mol.